The molecule has 1 aromatic heterocycles. The van der Waals surface area contributed by atoms with E-state index in [2.05, 4.69) is 10.3 Å². The van der Waals surface area contributed by atoms with Crippen molar-refractivity contribution in [2.24, 2.45) is 5.73 Å². The SMILES string of the molecule is Cc1ccncc1NC(=O)CCCCCCN.Cl.Cl. The number of nitrogens with two attached hydrogens (primary N) is 1. The van der Waals surface area contributed by atoms with Crippen LogP contribution in [0.5, 0.6) is 0 Å². The molecule has 1 heterocycles. The van der Waals surface area contributed by atoms with Crippen LogP contribution in [0.15, 0.2) is 18.5 Å². The smallest absolute Gasteiger partial charge is 0.224 e. The van der Waals surface area contributed by atoms with Crippen molar-refractivity contribution in [3.05, 3.63) is 24.0 Å². The van der Waals surface area contributed by atoms with Crippen LogP contribution in [0.1, 0.15) is 37.7 Å². The second-order valence-corrected chi connectivity index (χ2v) is 4.19. The number of aryl methyl sites for hydroxylation is 1. The molecule has 0 radical (unpaired) electrons. The Morgan fingerprint density at radius 3 is 2.58 bits per heavy atom. The molecule has 110 valence electrons. The molecule has 0 aliphatic rings. The lowest BCUT2D eigenvalue weighted by atomic mass is 10.1. The van der Waals surface area contributed by atoms with E-state index in [4.69, 9.17) is 5.73 Å². The summed E-state index contributed by atoms with van der Waals surface area (Å²) in [5, 5.41) is 2.87. The molecule has 0 unspecified atom stereocenters. The van der Waals surface area contributed by atoms with E-state index in [9.17, 15) is 4.79 Å². The lowest BCUT2D eigenvalue weighted by molar-refractivity contribution is -0.116. The molecule has 1 rings (SSSR count). The fourth-order valence-corrected chi connectivity index (χ4v) is 1.59. The maximum absolute atomic E-state index is 11.6. The van der Waals surface area contributed by atoms with Gasteiger partial charge in [-0.1, -0.05) is 12.8 Å². The van der Waals surface area contributed by atoms with Crippen molar-refractivity contribution in [1.82, 2.24) is 4.98 Å². The topological polar surface area (TPSA) is 68.0 Å². The molecule has 3 N–H and O–H groups in total. The average Bonchev–Trinajstić information content (AvgIpc) is 2.32. The van der Waals surface area contributed by atoms with Gasteiger partial charge in [-0.15, -0.1) is 24.8 Å². The van der Waals surface area contributed by atoms with E-state index in [1.807, 2.05) is 13.0 Å². The molecule has 0 bridgehead atoms. The average molecular weight is 308 g/mol. The molecule has 19 heavy (non-hydrogen) atoms. The zero-order valence-electron chi connectivity index (χ0n) is 11.2. The number of pyridine rings is 1. The molecule has 1 amide bonds. The van der Waals surface area contributed by atoms with Gasteiger partial charge in [-0.3, -0.25) is 9.78 Å². The number of rotatable bonds is 7. The fraction of sp³-hybridized carbons (Fsp3) is 0.538. The Morgan fingerprint density at radius 1 is 1.26 bits per heavy atom. The van der Waals surface area contributed by atoms with Crippen LogP contribution in [-0.4, -0.2) is 17.4 Å². The monoisotopic (exact) mass is 307 g/mol. The van der Waals surface area contributed by atoms with Gasteiger partial charge in [0.15, 0.2) is 0 Å². The molecule has 1 aromatic rings. The number of carbonyl (C=O) groups excluding carboxylic acids is 1. The van der Waals surface area contributed by atoms with Gasteiger partial charge in [0.2, 0.25) is 5.91 Å². The van der Waals surface area contributed by atoms with E-state index in [-0.39, 0.29) is 30.7 Å². The Balaban J connectivity index is 0. The summed E-state index contributed by atoms with van der Waals surface area (Å²) in [6.07, 6.45) is 8.11. The van der Waals surface area contributed by atoms with Gasteiger partial charge in [-0.2, -0.15) is 0 Å². The summed E-state index contributed by atoms with van der Waals surface area (Å²) in [6, 6.07) is 1.89. The second kappa shape index (κ2) is 12.2. The molecule has 0 spiro atoms. The van der Waals surface area contributed by atoms with Crippen molar-refractivity contribution in [3.8, 4) is 0 Å². The zero-order valence-corrected chi connectivity index (χ0v) is 12.9. The quantitative estimate of drug-likeness (QED) is 0.761. The molecule has 0 aromatic carbocycles. The molecular weight excluding hydrogens is 285 g/mol. The second-order valence-electron chi connectivity index (χ2n) is 4.19. The highest BCUT2D eigenvalue weighted by molar-refractivity contribution is 5.91. The lowest BCUT2D eigenvalue weighted by Crippen LogP contribution is -2.12. The van der Waals surface area contributed by atoms with Crippen LogP contribution in [0.25, 0.3) is 0 Å². The molecule has 4 nitrogen and oxygen atoms in total. The van der Waals surface area contributed by atoms with Crippen LogP contribution in [-0.2, 0) is 4.79 Å². The van der Waals surface area contributed by atoms with E-state index >= 15 is 0 Å². The van der Waals surface area contributed by atoms with Crippen molar-refractivity contribution >= 4 is 36.4 Å². The van der Waals surface area contributed by atoms with E-state index in [0.717, 1.165) is 43.5 Å². The predicted molar refractivity (Wildman–Crippen MR) is 84.2 cm³/mol. The first kappa shape index (κ1) is 20.5. The predicted octanol–water partition coefficient (Wildman–Crippen LogP) is 3.08. The van der Waals surface area contributed by atoms with E-state index < -0.39 is 0 Å². The minimum Gasteiger partial charge on any atom is -0.330 e. The number of hydrogen-bond donors (Lipinski definition) is 2. The molecule has 0 saturated carbocycles. The highest BCUT2D eigenvalue weighted by Gasteiger charge is 2.04. The van der Waals surface area contributed by atoms with E-state index in [0.29, 0.717) is 6.42 Å². The van der Waals surface area contributed by atoms with Crippen LogP contribution in [0.3, 0.4) is 0 Å². The lowest BCUT2D eigenvalue weighted by Gasteiger charge is -2.07. The maximum Gasteiger partial charge on any atom is 0.224 e. The van der Waals surface area contributed by atoms with Gasteiger partial charge >= 0.3 is 0 Å². The van der Waals surface area contributed by atoms with Crippen molar-refractivity contribution < 1.29 is 4.79 Å². The van der Waals surface area contributed by atoms with Crippen molar-refractivity contribution in [1.29, 1.82) is 0 Å². The van der Waals surface area contributed by atoms with E-state index in [1.54, 1.807) is 12.4 Å². The van der Waals surface area contributed by atoms with Gasteiger partial charge in [0.1, 0.15) is 0 Å². The summed E-state index contributed by atoms with van der Waals surface area (Å²) in [7, 11) is 0. The number of unbranched alkanes of at least 4 members (excludes halogenated alkanes) is 3. The Kier molecular flexibility index (Phi) is 13.2. The zero-order chi connectivity index (χ0) is 12.5. The number of nitrogens with zero attached hydrogens (tertiary/aromatic N) is 1. The molecule has 0 fully saturated rings. The first-order valence-electron chi connectivity index (χ1n) is 6.14. The van der Waals surface area contributed by atoms with Crippen molar-refractivity contribution in [2.75, 3.05) is 11.9 Å². The number of carbonyl (C=O) groups is 1. The number of amides is 1. The van der Waals surface area contributed by atoms with Crippen molar-refractivity contribution in [3.63, 3.8) is 0 Å². The van der Waals surface area contributed by atoms with Crippen LogP contribution in [0, 0.1) is 6.92 Å². The molecule has 0 atom stereocenters. The Bertz CT molecular complexity index is 361. The molecule has 0 saturated heterocycles. The number of nitrogens with one attached hydrogen (secondary N) is 1. The van der Waals surface area contributed by atoms with Gasteiger partial charge in [0.05, 0.1) is 11.9 Å². The van der Waals surface area contributed by atoms with Crippen LogP contribution < -0.4 is 11.1 Å². The third-order valence-electron chi connectivity index (χ3n) is 2.67. The number of aromatic nitrogens is 1. The third-order valence-corrected chi connectivity index (χ3v) is 2.67. The summed E-state index contributed by atoms with van der Waals surface area (Å²) < 4.78 is 0. The Hall–Kier alpha value is -0.840. The summed E-state index contributed by atoms with van der Waals surface area (Å²) in [5.41, 5.74) is 7.25. The number of hydrogen-bond acceptors (Lipinski definition) is 3. The highest BCUT2D eigenvalue weighted by atomic mass is 35.5. The third kappa shape index (κ3) is 8.81. The largest absolute Gasteiger partial charge is 0.330 e. The summed E-state index contributed by atoms with van der Waals surface area (Å²) in [4.78, 5) is 15.6. The summed E-state index contributed by atoms with van der Waals surface area (Å²) in [5.74, 6) is 0.0637. The highest BCUT2D eigenvalue weighted by Crippen LogP contribution is 2.12. The molecular formula is C13H23Cl2N3O. The molecule has 6 heteroatoms. The van der Waals surface area contributed by atoms with Gasteiger partial charge in [-0.25, -0.2) is 0 Å². The van der Waals surface area contributed by atoms with E-state index in [1.165, 1.54) is 0 Å². The minimum atomic E-state index is 0. The molecule has 0 aliphatic heterocycles. The summed E-state index contributed by atoms with van der Waals surface area (Å²) >= 11 is 0. The number of anilines is 1. The van der Waals surface area contributed by atoms with Gasteiger partial charge < -0.3 is 11.1 Å². The van der Waals surface area contributed by atoms with Crippen LogP contribution >= 0.6 is 24.8 Å². The first-order chi connectivity index (χ1) is 8.24. The van der Waals surface area contributed by atoms with Crippen molar-refractivity contribution in [2.45, 2.75) is 39.0 Å². The fourth-order valence-electron chi connectivity index (χ4n) is 1.59. The van der Waals surface area contributed by atoms with Gasteiger partial charge in [-0.05, 0) is 37.9 Å². The Labute approximate surface area is 127 Å². The van der Waals surface area contributed by atoms with Crippen LogP contribution in [0.2, 0.25) is 0 Å². The standard InChI is InChI=1S/C13H21N3O.2ClH/c1-11-7-9-15-10-12(11)16-13(17)6-4-2-3-5-8-14;;/h7,9-10H,2-6,8,14H2,1H3,(H,16,17);2*1H. The Morgan fingerprint density at radius 2 is 1.95 bits per heavy atom. The van der Waals surface area contributed by atoms with Gasteiger partial charge in [0, 0.05) is 12.6 Å². The minimum absolute atomic E-state index is 0. The number of halogens is 2. The summed E-state index contributed by atoms with van der Waals surface area (Å²) in [6.45, 7) is 2.69. The molecule has 0 aliphatic carbocycles. The van der Waals surface area contributed by atoms with Gasteiger partial charge in [0.25, 0.3) is 0 Å². The maximum atomic E-state index is 11.6. The first-order valence-corrected chi connectivity index (χ1v) is 6.14. The normalized spacial score (nSPS) is 9.16. The van der Waals surface area contributed by atoms with Crippen LogP contribution in [0.4, 0.5) is 5.69 Å².